The highest BCUT2D eigenvalue weighted by Gasteiger charge is 2.08. The predicted octanol–water partition coefficient (Wildman–Crippen LogP) is 3.83. The number of ether oxygens (including phenoxy) is 2. The summed E-state index contributed by atoms with van der Waals surface area (Å²) in [4.78, 5) is 1.05. The van der Waals surface area contributed by atoms with E-state index in [0.717, 1.165) is 10.4 Å². The first kappa shape index (κ1) is 13.2. The van der Waals surface area contributed by atoms with Crippen LogP contribution in [-0.2, 0) is 0 Å². The van der Waals surface area contributed by atoms with Crippen molar-refractivity contribution in [3.05, 3.63) is 46.2 Å². The zero-order valence-corrected chi connectivity index (χ0v) is 11.5. The van der Waals surface area contributed by atoms with Crippen LogP contribution >= 0.6 is 11.3 Å². The second-order valence-electron chi connectivity index (χ2n) is 3.75. The summed E-state index contributed by atoms with van der Waals surface area (Å²) >= 11 is 1.60. The summed E-state index contributed by atoms with van der Waals surface area (Å²) in [5.74, 6) is 1.27. The summed E-state index contributed by atoms with van der Waals surface area (Å²) in [7, 11) is 3.17. The van der Waals surface area contributed by atoms with E-state index < -0.39 is 0 Å². The molecule has 0 aliphatic rings. The van der Waals surface area contributed by atoms with E-state index in [9.17, 15) is 5.26 Å². The molecule has 0 amide bonds. The molecule has 0 atom stereocenters. The van der Waals surface area contributed by atoms with Gasteiger partial charge in [-0.25, -0.2) is 0 Å². The zero-order valence-electron chi connectivity index (χ0n) is 10.7. The Labute approximate surface area is 116 Å². The standard InChI is InChI=1S/C15H13NO2S/c1-17-14-6-5-11(9-15(14)18-2)12(10-16)8-13-4-3-7-19-13/h3-9H,1-2H3. The Morgan fingerprint density at radius 2 is 2.00 bits per heavy atom. The van der Waals surface area contributed by atoms with Crippen molar-refractivity contribution in [3.8, 4) is 17.6 Å². The maximum Gasteiger partial charge on any atom is 0.161 e. The van der Waals surface area contributed by atoms with Gasteiger partial charge in [0.15, 0.2) is 11.5 Å². The van der Waals surface area contributed by atoms with E-state index in [0.29, 0.717) is 17.1 Å². The molecular formula is C15H13NO2S. The topological polar surface area (TPSA) is 42.2 Å². The largest absolute Gasteiger partial charge is 0.493 e. The maximum absolute atomic E-state index is 9.28. The lowest BCUT2D eigenvalue weighted by Crippen LogP contribution is -1.92. The summed E-state index contributed by atoms with van der Waals surface area (Å²) in [6.07, 6.45) is 1.87. The van der Waals surface area contributed by atoms with Gasteiger partial charge in [0, 0.05) is 4.88 Å². The first-order valence-corrected chi connectivity index (χ1v) is 6.54. The van der Waals surface area contributed by atoms with Crippen LogP contribution in [0.15, 0.2) is 35.7 Å². The molecule has 0 aliphatic heterocycles. The van der Waals surface area contributed by atoms with Crippen LogP contribution in [0.25, 0.3) is 11.6 Å². The highest BCUT2D eigenvalue weighted by Crippen LogP contribution is 2.31. The Balaban J connectivity index is 2.42. The van der Waals surface area contributed by atoms with Crippen LogP contribution in [0.2, 0.25) is 0 Å². The fraction of sp³-hybridized carbons (Fsp3) is 0.133. The van der Waals surface area contributed by atoms with E-state index >= 15 is 0 Å². The molecule has 3 nitrogen and oxygen atoms in total. The molecule has 0 saturated heterocycles. The summed E-state index contributed by atoms with van der Waals surface area (Å²) in [5.41, 5.74) is 1.41. The van der Waals surface area contributed by atoms with Gasteiger partial charge in [-0.3, -0.25) is 0 Å². The minimum atomic E-state index is 0.600. The molecule has 19 heavy (non-hydrogen) atoms. The highest BCUT2D eigenvalue weighted by atomic mass is 32.1. The number of nitriles is 1. The quantitative estimate of drug-likeness (QED) is 0.794. The predicted molar refractivity (Wildman–Crippen MR) is 77.3 cm³/mol. The van der Waals surface area contributed by atoms with Crippen molar-refractivity contribution in [1.29, 1.82) is 5.26 Å². The van der Waals surface area contributed by atoms with E-state index in [-0.39, 0.29) is 0 Å². The van der Waals surface area contributed by atoms with Gasteiger partial charge >= 0.3 is 0 Å². The minimum absolute atomic E-state index is 0.600. The summed E-state index contributed by atoms with van der Waals surface area (Å²) in [6.45, 7) is 0. The molecule has 0 aliphatic carbocycles. The lowest BCUT2D eigenvalue weighted by molar-refractivity contribution is 0.355. The SMILES string of the molecule is COc1ccc(C(C#N)=Cc2cccs2)cc1OC. The second-order valence-corrected chi connectivity index (χ2v) is 4.73. The second kappa shape index (κ2) is 6.07. The number of rotatable bonds is 4. The van der Waals surface area contributed by atoms with Gasteiger partial charge < -0.3 is 9.47 Å². The van der Waals surface area contributed by atoms with E-state index in [1.807, 2.05) is 35.7 Å². The van der Waals surface area contributed by atoms with Gasteiger partial charge in [-0.1, -0.05) is 6.07 Å². The molecule has 0 saturated carbocycles. The Morgan fingerprint density at radius 1 is 1.21 bits per heavy atom. The molecule has 96 valence electrons. The monoisotopic (exact) mass is 271 g/mol. The van der Waals surface area contributed by atoms with E-state index in [4.69, 9.17) is 9.47 Å². The first-order chi connectivity index (χ1) is 9.28. The Hall–Kier alpha value is -2.25. The Morgan fingerprint density at radius 3 is 2.58 bits per heavy atom. The third-order valence-corrected chi connectivity index (χ3v) is 3.46. The molecule has 1 aromatic heterocycles. The summed E-state index contributed by atoms with van der Waals surface area (Å²) < 4.78 is 10.4. The fourth-order valence-electron chi connectivity index (χ4n) is 1.70. The van der Waals surface area contributed by atoms with Gasteiger partial charge in [0.1, 0.15) is 0 Å². The molecule has 2 aromatic rings. The van der Waals surface area contributed by atoms with Crippen molar-refractivity contribution < 1.29 is 9.47 Å². The van der Waals surface area contributed by atoms with Crippen molar-refractivity contribution in [1.82, 2.24) is 0 Å². The Bertz CT molecular complexity index is 624. The van der Waals surface area contributed by atoms with Crippen molar-refractivity contribution in [2.24, 2.45) is 0 Å². The molecule has 0 spiro atoms. The number of hydrogen-bond donors (Lipinski definition) is 0. The molecule has 1 heterocycles. The molecule has 1 aromatic carbocycles. The maximum atomic E-state index is 9.28. The third kappa shape index (κ3) is 2.95. The minimum Gasteiger partial charge on any atom is -0.493 e. The first-order valence-electron chi connectivity index (χ1n) is 5.66. The third-order valence-electron chi connectivity index (χ3n) is 2.64. The fourth-order valence-corrected chi connectivity index (χ4v) is 2.36. The lowest BCUT2D eigenvalue weighted by Gasteiger charge is -2.08. The zero-order chi connectivity index (χ0) is 13.7. The number of nitrogens with zero attached hydrogens (tertiary/aromatic N) is 1. The number of hydrogen-bond acceptors (Lipinski definition) is 4. The van der Waals surface area contributed by atoms with Crippen LogP contribution in [0.5, 0.6) is 11.5 Å². The lowest BCUT2D eigenvalue weighted by atomic mass is 10.1. The Kier molecular flexibility index (Phi) is 4.22. The van der Waals surface area contributed by atoms with E-state index in [2.05, 4.69) is 6.07 Å². The van der Waals surface area contributed by atoms with Crippen LogP contribution in [0, 0.1) is 11.3 Å². The van der Waals surface area contributed by atoms with Gasteiger partial charge in [0.25, 0.3) is 0 Å². The molecule has 0 fully saturated rings. The van der Waals surface area contributed by atoms with E-state index in [1.165, 1.54) is 0 Å². The number of benzene rings is 1. The van der Waals surface area contributed by atoms with Gasteiger partial charge in [0.05, 0.1) is 25.9 Å². The molecule has 0 radical (unpaired) electrons. The molecule has 0 N–H and O–H groups in total. The normalized spacial score (nSPS) is 10.9. The van der Waals surface area contributed by atoms with Gasteiger partial charge in [-0.05, 0) is 41.3 Å². The van der Waals surface area contributed by atoms with Gasteiger partial charge in [-0.2, -0.15) is 5.26 Å². The van der Waals surface area contributed by atoms with Crippen molar-refractivity contribution in [3.63, 3.8) is 0 Å². The molecular weight excluding hydrogens is 258 g/mol. The van der Waals surface area contributed by atoms with E-state index in [1.54, 1.807) is 31.6 Å². The highest BCUT2D eigenvalue weighted by molar-refractivity contribution is 7.10. The van der Waals surface area contributed by atoms with Crippen molar-refractivity contribution >= 4 is 23.0 Å². The van der Waals surface area contributed by atoms with Crippen molar-refractivity contribution in [2.75, 3.05) is 14.2 Å². The average molecular weight is 271 g/mol. The van der Waals surface area contributed by atoms with Gasteiger partial charge in [-0.15, -0.1) is 11.3 Å². The number of methoxy groups -OCH3 is 2. The molecule has 0 unspecified atom stereocenters. The molecule has 4 heteroatoms. The molecule has 2 rings (SSSR count). The van der Waals surface area contributed by atoms with Crippen LogP contribution in [0.4, 0.5) is 0 Å². The van der Waals surface area contributed by atoms with Gasteiger partial charge in [0.2, 0.25) is 0 Å². The van der Waals surface area contributed by atoms with Crippen LogP contribution < -0.4 is 9.47 Å². The molecule has 0 bridgehead atoms. The summed E-state index contributed by atoms with van der Waals surface area (Å²) in [5, 5.41) is 11.3. The average Bonchev–Trinajstić information content (AvgIpc) is 2.97. The number of thiophene rings is 1. The smallest absolute Gasteiger partial charge is 0.161 e. The number of allylic oxidation sites excluding steroid dienone is 1. The van der Waals surface area contributed by atoms with Crippen LogP contribution in [0.3, 0.4) is 0 Å². The van der Waals surface area contributed by atoms with Crippen molar-refractivity contribution in [2.45, 2.75) is 0 Å². The van der Waals surface area contributed by atoms with Crippen LogP contribution in [0.1, 0.15) is 10.4 Å². The van der Waals surface area contributed by atoms with Crippen LogP contribution in [-0.4, -0.2) is 14.2 Å². The summed E-state index contributed by atoms with van der Waals surface area (Å²) in [6, 6.07) is 11.6.